The first-order valence-electron chi connectivity index (χ1n) is 22.9. The van der Waals surface area contributed by atoms with E-state index in [4.69, 9.17) is 0 Å². The highest BCUT2D eigenvalue weighted by molar-refractivity contribution is 5.96. The van der Waals surface area contributed by atoms with E-state index in [1.54, 1.807) is 0 Å². The van der Waals surface area contributed by atoms with Crippen molar-refractivity contribution in [2.45, 2.75) is 153 Å². The Kier molecular flexibility index (Phi) is 22.4. The van der Waals surface area contributed by atoms with Crippen LogP contribution in [-0.4, -0.2) is 129 Å². The molecule has 8 N–H and O–H groups in total. The number of amides is 6. The number of phenolic OH excluding ortho intramolecular Hbond substituents is 2. The maximum absolute atomic E-state index is 14.0. The number of carbonyl (C=O) groups excluding carboxylic acids is 6. The Labute approximate surface area is 389 Å². The van der Waals surface area contributed by atoms with Crippen molar-refractivity contribution in [2.75, 3.05) is 27.2 Å². The predicted octanol–water partition coefficient (Wildman–Crippen LogP) is 4.75. The lowest BCUT2D eigenvalue weighted by atomic mass is 9.93. The van der Waals surface area contributed by atoms with E-state index in [1.165, 1.54) is 95.7 Å². The van der Waals surface area contributed by atoms with Gasteiger partial charge in [0.15, 0.2) is 0 Å². The number of nitrogens with zero attached hydrogens (tertiary/aromatic N) is 2. The number of aliphatic carboxylic acids is 1. The molecule has 6 amide bonds. The van der Waals surface area contributed by atoms with Crippen molar-refractivity contribution in [3.8, 4) is 22.6 Å². The van der Waals surface area contributed by atoms with Crippen LogP contribution in [0.5, 0.6) is 11.5 Å². The number of benzene rings is 2. The molecule has 67 heavy (non-hydrogen) atoms. The molecule has 0 fully saturated rings. The highest BCUT2D eigenvalue weighted by atomic mass is 19.4. The van der Waals surface area contributed by atoms with Crippen LogP contribution >= 0.6 is 0 Å². The highest BCUT2D eigenvalue weighted by Crippen LogP contribution is 2.39. The molecular formula is C47H67F3N6O11. The van der Waals surface area contributed by atoms with E-state index in [-0.39, 0.29) is 34.6 Å². The molecule has 17 nitrogen and oxygen atoms in total. The standard InChI is InChI=1S/C47H67F3N6O11/c1-5-6-7-8-9-10-11-12-13-14-15-16-17-18-39(60)55(3)36(28-57)44(64)52-29(2)42(62)51-27-40(61)56(4)41-31-20-22-38(59)33(25-31)32-23-30(19-21-37(32)58)24-34(46(66)67)53-43(63)35(54-45(41)65)26-47(48,49)50/h19-23,25,29,34-36,41,57-59H,5-18,24,26-28H2,1-4H3,(H,51,62)(H,52,64)(H,53,63)(H,54,65)(H,66,67)/t29-,34?,35?,36-,41+/m1/s1. The van der Waals surface area contributed by atoms with Gasteiger partial charge in [-0.05, 0) is 48.7 Å². The second kappa shape index (κ2) is 27.0. The van der Waals surface area contributed by atoms with Gasteiger partial charge in [0.05, 0.1) is 19.6 Å². The number of phenols is 2. The number of carbonyl (C=O) groups is 7. The normalized spacial score (nSPS) is 17.2. The Balaban J connectivity index is 1.68. The van der Waals surface area contributed by atoms with Gasteiger partial charge in [0.2, 0.25) is 35.4 Å². The SMILES string of the molecule is CCCCCCCCCCCCCCCC(=O)N(C)[C@H](CO)C(=O)N[C@H](C)C(=O)NCC(=O)N(C)[C@@H]1C(=O)NC(CC(F)(F)F)C(=O)NC(C(=O)O)Cc2ccc(O)c(c2)-c2cc1ccc2O. The van der Waals surface area contributed by atoms with Crippen molar-refractivity contribution in [3.63, 3.8) is 0 Å². The minimum atomic E-state index is -5.04. The Morgan fingerprint density at radius 3 is 1.88 bits per heavy atom. The fraction of sp³-hybridized carbons (Fsp3) is 0.596. The molecule has 3 rings (SSSR count). The smallest absolute Gasteiger partial charge is 0.391 e. The highest BCUT2D eigenvalue weighted by Gasteiger charge is 2.40. The van der Waals surface area contributed by atoms with E-state index in [9.17, 15) is 67.2 Å². The lowest BCUT2D eigenvalue weighted by Gasteiger charge is -2.31. The Bertz CT molecular complexity index is 2020. The summed E-state index contributed by atoms with van der Waals surface area (Å²) in [5.74, 6) is -8.41. The van der Waals surface area contributed by atoms with Crippen LogP contribution in [-0.2, 0) is 40.0 Å². The summed E-state index contributed by atoms with van der Waals surface area (Å²) in [5, 5.41) is 50.2. The lowest BCUT2D eigenvalue weighted by molar-refractivity contribution is -0.154. The summed E-state index contributed by atoms with van der Waals surface area (Å²) in [7, 11) is 2.45. The maximum atomic E-state index is 14.0. The number of alkyl halides is 3. The quantitative estimate of drug-likeness (QED) is 0.0667. The van der Waals surface area contributed by atoms with Crippen molar-refractivity contribution in [2.24, 2.45) is 0 Å². The Hall–Kier alpha value is -5.92. The minimum Gasteiger partial charge on any atom is -0.507 e. The van der Waals surface area contributed by atoms with E-state index in [1.807, 2.05) is 10.6 Å². The lowest BCUT2D eigenvalue weighted by Crippen LogP contribution is -2.56. The monoisotopic (exact) mass is 948 g/mol. The number of likely N-dealkylation sites (N-methyl/N-ethyl adjacent to an activating group) is 2. The molecule has 0 aromatic heterocycles. The van der Waals surface area contributed by atoms with Gasteiger partial charge in [0.1, 0.15) is 41.7 Å². The van der Waals surface area contributed by atoms with Gasteiger partial charge in [0, 0.05) is 38.1 Å². The molecule has 2 aromatic rings. The molecule has 1 aliphatic heterocycles. The van der Waals surface area contributed by atoms with Crippen molar-refractivity contribution < 1.29 is 67.2 Å². The van der Waals surface area contributed by atoms with Gasteiger partial charge < -0.3 is 51.5 Å². The van der Waals surface area contributed by atoms with Gasteiger partial charge >= 0.3 is 12.1 Å². The zero-order chi connectivity index (χ0) is 49.8. The summed E-state index contributed by atoms with van der Waals surface area (Å²) in [6.07, 6.45) is 7.45. The van der Waals surface area contributed by atoms with Gasteiger partial charge in [0.25, 0.3) is 0 Å². The van der Waals surface area contributed by atoms with Crippen LogP contribution in [0.2, 0.25) is 0 Å². The van der Waals surface area contributed by atoms with Crippen LogP contribution in [0.4, 0.5) is 13.2 Å². The summed E-state index contributed by atoms with van der Waals surface area (Å²) in [4.78, 5) is 94.1. The summed E-state index contributed by atoms with van der Waals surface area (Å²) in [6.45, 7) is 1.90. The van der Waals surface area contributed by atoms with Crippen LogP contribution in [0, 0.1) is 0 Å². The first kappa shape index (κ1) is 55.4. The molecule has 0 radical (unpaired) electrons. The molecule has 0 aliphatic carbocycles. The molecule has 2 aromatic carbocycles. The number of fused-ring (bicyclic) bond motifs is 5. The van der Waals surface area contributed by atoms with Gasteiger partial charge in [-0.2, -0.15) is 13.2 Å². The number of aliphatic hydroxyl groups excluding tert-OH is 1. The largest absolute Gasteiger partial charge is 0.507 e. The number of hydrogen-bond acceptors (Lipinski definition) is 10. The first-order valence-corrected chi connectivity index (χ1v) is 22.9. The number of aromatic hydroxyl groups is 2. The molecule has 1 heterocycles. The molecule has 2 unspecified atom stereocenters. The third-order valence-corrected chi connectivity index (χ3v) is 11.8. The van der Waals surface area contributed by atoms with Gasteiger partial charge in [-0.15, -0.1) is 0 Å². The van der Waals surface area contributed by atoms with Crippen LogP contribution in [0.25, 0.3) is 11.1 Å². The summed E-state index contributed by atoms with van der Waals surface area (Å²) >= 11 is 0. The molecule has 0 spiro atoms. The van der Waals surface area contributed by atoms with Crippen LogP contribution < -0.4 is 21.3 Å². The summed E-state index contributed by atoms with van der Waals surface area (Å²) in [6, 6.07) is -1.47. The first-order chi connectivity index (χ1) is 31.7. The minimum absolute atomic E-state index is 0.0513. The number of rotatable bonds is 24. The molecule has 4 bridgehead atoms. The average Bonchev–Trinajstić information content (AvgIpc) is 3.26. The Morgan fingerprint density at radius 2 is 1.33 bits per heavy atom. The van der Waals surface area contributed by atoms with Crippen molar-refractivity contribution >= 4 is 41.4 Å². The number of nitrogens with one attached hydrogen (secondary N) is 4. The number of hydrogen-bond donors (Lipinski definition) is 8. The van der Waals surface area contributed by atoms with Gasteiger partial charge in [-0.1, -0.05) is 96.1 Å². The van der Waals surface area contributed by atoms with E-state index >= 15 is 0 Å². The molecule has 0 saturated heterocycles. The number of unbranched alkanes of at least 4 members (excludes halogenated alkanes) is 12. The van der Waals surface area contributed by atoms with Crippen LogP contribution in [0.3, 0.4) is 0 Å². The predicted molar refractivity (Wildman–Crippen MR) is 241 cm³/mol. The van der Waals surface area contributed by atoms with Crippen LogP contribution in [0.15, 0.2) is 36.4 Å². The summed E-state index contributed by atoms with van der Waals surface area (Å²) in [5.41, 5.74) is -0.0883. The zero-order valence-electron chi connectivity index (χ0n) is 38.8. The van der Waals surface area contributed by atoms with Crippen molar-refractivity contribution in [3.05, 3.63) is 47.5 Å². The van der Waals surface area contributed by atoms with Crippen LogP contribution in [0.1, 0.15) is 127 Å². The molecule has 5 atom stereocenters. The number of carboxylic acids is 1. The molecular weight excluding hydrogens is 882 g/mol. The van der Waals surface area contributed by atoms with Gasteiger partial charge in [-0.3, -0.25) is 28.8 Å². The fourth-order valence-corrected chi connectivity index (χ4v) is 7.80. The number of halogens is 3. The van der Waals surface area contributed by atoms with E-state index in [0.29, 0.717) is 6.42 Å². The van der Waals surface area contributed by atoms with E-state index < -0.39 is 109 Å². The Morgan fingerprint density at radius 1 is 0.776 bits per heavy atom. The average molecular weight is 949 g/mol. The topological polar surface area (TPSA) is 255 Å². The molecule has 20 heteroatoms. The third-order valence-electron chi connectivity index (χ3n) is 11.8. The molecule has 1 aliphatic rings. The zero-order valence-corrected chi connectivity index (χ0v) is 38.8. The molecule has 372 valence electrons. The number of carboxylic acid groups (broad SMARTS) is 1. The van der Waals surface area contributed by atoms with Crippen molar-refractivity contribution in [1.29, 1.82) is 0 Å². The maximum Gasteiger partial charge on any atom is 0.391 e. The third kappa shape index (κ3) is 17.7. The van der Waals surface area contributed by atoms with E-state index in [2.05, 4.69) is 17.6 Å². The second-order valence-electron chi connectivity index (χ2n) is 17.2. The van der Waals surface area contributed by atoms with E-state index in [0.717, 1.165) is 48.6 Å². The number of aliphatic hydroxyl groups is 1. The van der Waals surface area contributed by atoms with Crippen molar-refractivity contribution in [1.82, 2.24) is 31.1 Å². The van der Waals surface area contributed by atoms with Gasteiger partial charge in [-0.25, -0.2) is 4.79 Å². The summed E-state index contributed by atoms with van der Waals surface area (Å²) < 4.78 is 41.4. The second-order valence-corrected chi connectivity index (χ2v) is 17.2. The fourth-order valence-electron chi connectivity index (χ4n) is 7.80. The molecule has 0 saturated carbocycles.